The van der Waals surface area contributed by atoms with Crippen LogP contribution in [0.2, 0.25) is 0 Å². The molecular formula is C10H13N4O6P. The lowest BCUT2D eigenvalue weighted by Crippen LogP contribution is -2.23. The van der Waals surface area contributed by atoms with Crippen LogP contribution in [-0.2, 0) is 4.57 Å². The number of methoxy groups -OCH3 is 1. The Labute approximate surface area is 119 Å². The van der Waals surface area contributed by atoms with E-state index in [0.717, 1.165) is 5.56 Å². The Morgan fingerprint density at radius 1 is 1.52 bits per heavy atom. The van der Waals surface area contributed by atoms with Crippen LogP contribution in [0.15, 0.2) is 36.0 Å². The molecule has 2 rings (SSSR count). The topological polar surface area (TPSA) is 155 Å². The lowest BCUT2D eigenvalue weighted by molar-refractivity contribution is -0.678. The largest absolute Gasteiger partial charge is 0.756 e. The van der Waals surface area contributed by atoms with Gasteiger partial charge in [-0.1, -0.05) is 0 Å². The van der Waals surface area contributed by atoms with Crippen molar-refractivity contribution in [2.45, 2.75) is 0 Å². The molecule has 0 aliphatic carbocycles. The standard InChI is InChI=1S/C10H10N4O2.H3O4P/c1-16-10-4-8(2-3-9(10)15)5-13-14-6-11-12-7-14;1-5(2,3)4/h2-7H,1H3,(H,13,15);(H3,1,2,3,4). The fraction of sp³-hybridized carbons (Fsp3) is 0.100. The van der Waals surface area contributed by atoms with Crippen molar-refractivity contribution in [2.75, 3.05) is 7.11 Å². The van der Waals surface area contributed by atoms with E-state index in [1.54, 1.807) is 30.7 Å². The summed E-state index contributed by atoms with van der Waals surface area (Å²) in [4.78, 5) is 22.9. The van der Waals surface area contributed by atoms with Crippen LogP contribution in [0.1, 0.15) is 5.56 Å². The van der Waals surface area contributed by atoms with Gasteiger partial charge in [0.2, 0.25) is 6.33 Å². The van der Waals surface area contributed by atoms with E-state index < -0.39 is 7.82 Å². The Kier molecular flexibility index (Phi) is 6.00. The second-order valence-corrected chi connectivity index (χ2v) is 4.53. The van der Waals surface area contributed by atoms with Gasteiger partial charge in [-0.15, -0.1) is 14.9 Å². The number of rotatable bonds is 3. The molecule has 10 nitrogen and oxygen atoms in total. The lowest BCUT2D eigenvalue weighted by Gasteiger charge is -2.02. The number of phenols is 1. The van der Waals surface area contributed by atoms with Crippen LogP contribution in [0.5, 0.6) is 11.5 Å². The SMILES string of the molecule is COc1cc(/C=N/[n+]2cn[nH]c2)ccc1O.O=P([O-])(O)O. The molecule has 1 heterocycles. The summed E-state index contributed by atoms with van der Waals surface area (Å²) in [7, 11) is -3.39. The van der Waals surface area contributed by atoms with Crippen LogP contribution in [0.3, 0.4) is 0 Å². The number of ether oxygens (including phenoxy) is 1. The Morgan fingerprint density at radius 2 is 2.19 bits per heavy atom. The number of nitrogens with zero attached hydrogens (tertiary/aromatic N) is 3. The maximum atomic E-state index is 9.40. The van der Waals surface area contributed by atoms with Crippen LogP contribution >= 0.6 is 7.82 Å². The van der Waals surface area contributed by atoms with E-state index in [4.69, 9.17) is 24.0 Å². The maximum absolute atomic E-state index is 9.40. The molecule has 4 N–H and O–H groups in total. The number of aromatic nitrogens is 3. The summed E-state index contributed by atoms with van der Waals surface area (Å²) in [6.45, 7) is 0. The van der Waals surface area contributed by atoms with Crippen molar-refractivity contribution in [3.05, 3.63) is 36.4 Å². The highest BCUT2D eigenvalue weighted by molar-refractivity contribution is 7.43. The van der Waals surface area contributed by atoms with Gasteiger partial charge >= 0.3 is 0 Å². The molecule has 11 heteroatoms. The minimum atomic E-state index is -4.89. The average Bonchev–Trinajstić information content (AvgIpc) is 2.89. The van der Waals surface area contributed by atoms with Crippen molar-refractivity contribution >= 4 is 14.0 Å². The molecule has 0 atom stereocenters. The summed E-state index contributed by atoms with van der Waals surface area (Å²) in [5, 5.41) is 19.9. The first-order valence-electron chi connectivity index (χ1n) is 5.37. The summed E-state index contributed by atoms with van der Waals surface area (Å²) in [5.41, 5.74) is 0.823. The second-order valence-electron chi connectivity index (χ2n) is 3.55. The number of H-pyrrole nitrogens is 1. The zero-order valence-electron chi connectivity index (χ0n) is 10.8. The fourth-order valence-corrected chi connectivity index (χ4v) is 1.19. The van der Waals surface area contributed by atoms with Gasteiger partial charge in [0.25, 0.3) is 14.2 Å². The molecule has 1 aromatic heterocycles. The Hall–Kier alpha value is -2.26. The Balaban J connectivity index is 0.000000383. The van der Waals surface area contributed by atoms with Gasteiger partial charge in [0.05, 0.1) is 13.3 Å². The number of hydrogen-bond donors (Lipinski definition) is 4. The second kappa shape index (κ2) is 7.50. The van der Waals surface area contributed by atoms with Crippen molar-refractivity contribution in [3.63, 3.8) is 0 Å². The average molecular weight is 316 g/mol. The third kappa shape index (κ3) is 7.18. The van der Waals surface area contributed by atoms with E-state index in [1.807, 2.05) is 0 Å². The van der Waals surface area contributed by atoms with E-state index in [0.29, 0.717) is 5.75 Å². The van der Waals surface area contributed by atoms with E-state index in [1.165, 1.54) is 18.1 Å². The smallest absolute Gasteiger partial charge is 0.288 e. The van der Waals surface area contributed by atoms with Crippen LogP contribution in [0.25, 0.3) is 0 Å². The van der Waals surface area contributed by atoms with E-state index in [-0.39, 0.29) is 5.75 Å². The molecule has 1 aromatic carbocycles. The van der Waals surface area contributed by atoms with Crippen molar-refractivity contribution in [1.29, 1.82) is 0 Å². The molecule has 2 aromatic rings. The highest BCUT2D eigenvalue weighted by Crippen LogP contribution is 2.25. The number of phenolic OH excluding ortho intramolecular Hbond substituents is 1. The predicted octanol–water partition coefficient (Wildman–Crippen LogP) is -1.27. The molecule has 0 aliphatic rings. The van der Waals surface area contributed by atoms with Crippen molar-refractivity contribution < 1.29 is 33.8 Å². The minimum Gasteiger partial charge on any atom is -0.756 e. The number of hydrogen-bond acceptors (Lipinski definition) is 6. The molecule has 0 saturated heterocycles. The van der Waals surface area contributed by atoms with Gasteiger partial charge in [-0.2, -0.15) is 0 Å². The van der Waals surface area contributed by atoms with Gasteiger partial charge < -0.3 is 24.5 Å². The van der Waals surface area contributed by atoms with Gasteiger partial charge in [-0.25, -0.2) is 0 Å². The molecule has 0 bridgehead atoms. The first kappa shape index (κ1) is 16.8. The molecule has 0 radical (unpaired) electrons. The summed E-state index contributed by atoms with van der Waals surface area (Å²) in [5.74, 6) is 0.525. The number of aromatic amines is 1. The van der Waals surface area contributed by atoms with E-state index in [9.17, 15) is 5.11 Å². The highest BCUT2D eigenvalue weighted by Gasteiger charge is 2.01. The van der Waals surface area contributed by atoms with Crippen LogP contribution in [-0.4, -0.2) is 38.4 Å². The molecule has 0 unspecified atom stereocenters. The molecule has 0 saturated carbocycles. The van der Waals surface area contributed by atoms with Crippen molar-refractivity contribution in [3.8, 4) is 11.5 Å². The molecule has 114 valence electrons. The first-order chi connectivity index (χ1) is 9.79. The number of benzene rings is 1. The van der Waals surface area contributed by atoms with Crippen molar-refractivity contribution in [2.24, 2.45) is 5.10 Å². The normalized spacial score (nSPS) is 11.0. The zero-order chi connectivity index (χ0) is 15.9. The number of phosphoric acid groups is 1. The third-order valence-electron chi connectivity index (χ3n) is 1.98. The molecule has 21 heavy (non-hydrogen) atoms. The van der Waals surface area contributed by atoms with Crippen LogP contribution in [0, 0.1) is 0 Å². The Bertz CT molecular complexity index is 631. The lowest BCUT2D eigenvalue weighted by atomic mass is 10.2. The van der Waals surface area contributed by atoms with Gasteiger partial charge in [-0.05, 0) is 23.8 Å². The van der Waals surface area contributed by atoms with E-state index >= 15 is 0 Å². The minimum absolute atomic E-state index is 0.107. The molecule has 0 spiro atoms. The number of aromatic hydroxyl groups is 1. The highest BCUT2D eigenvalue weighted by atomic mass is 31.2. The zero-order valence-corrected chi connectivity index (χ0v) is 11.7. The number of nitrogens with one attached hydrogen (secondary N) is 1. The first-order valence-corrected chi connectivity index (χ1v) is 6.90. The summed E-state index contributed by atoms with van der Waals surface area (Å²) < 4.78 is 15.3. The third-order valence-corrected chi connectivity index (χ3v) is 1.98. The summed E-state index contributed by atoms with van der Waals surface area (Å²) in [6, 6.07) is 4.99. The van der Waals surface area contributed by atoms with Gasteiger partial charge in [0.1, 0.15) is 0 Å². The van der Waals surface area contributed by atoms with Crippen LogP contribution in [0.4, 0.5) is 0 Å². The molecule has 0 aliphatic heterocycles. The van der Waals surface area contributed by atoms with Gasteiger partial charge in [0.15, 0.2) is 11.5 Å². The monoisotopic (exact) mass is 316 g/mol. The summed E-state index contributed by atoms with van der Waals surface area (Å²) in [6.07, 6.45) is 4.78. The molecular weight excluding hydrogens is 303 g/mol. The quantitative estimate of drug-likeness (QED) is 0.312. The molecule has 0 amide bonds. The van der Waals surface area contributed by atoms with Crippen molar-refractivity contribution in [1.82, 2.24) is 10.2 Å². The van der Waals surface area contributed by atoms with Gasteiger partial charge in [0, 0.05) is 5.10 Å². The van der Waals surface area contributed by atoms with Crippen LogP contribution < -0.4 is 14.3 Å². The van der Waals surface area contributed by atoms with E-state index in [2.05, 4.69) is 15.3 Å². The Morgan fingerprint density at radius 3 is 2.71 bits per heavy atom. The van der Waals surface area contributed by atoms with Gasteiger partial charge in [-0.3, -0.25) is 4.57 Å². The maximum Gasteiger partial charge on any atom is 0.288 e. The molecule has 0 fully saturated rings. The fourth-order valence-electron chi connectivity index (χ4n) is 1.19. The summed E-state index contributed by atoms with van der Waals surface area (Å²) >= 11 is 0. The predicted molar refractivity (Wildman–Crippen MR) is 68.5 cm³/mol.